The lowest BCUT2D eigenvalue weighted by Gasteiger charge is -2.22. The summed E-state index contributed by atoms with van der Waals surface area (Å²) < 4.78 is 0. The second kappa shape index (κ2) is 4.16. The average Bonchev–Trinajstić information content (AvgIpc) is 2.14. The molecule has 0 amide bonds. The van der Waals surface area contributed by atoms with Crippen LogP contribution in [-0.2, 0) is 10.2 Å². The van der Waals surface area contributed by atoms with Gasteiger partial charge in [-0.3, -0.25) is 0 Å². The van der Waals surface area contributed by atoms with E-state index >= 15 is 0 Å². The van der Waals surface area contributed by atoms with E-state index in [4.69, 9.17) is 0 Å². The van der Waals surface area contributed by atoms with E-state index in [0.29, 0.717) is 5.56 Å². The molecular weight excluding hydrogens is 204 g/mol. The highest BCUT2D eigenvalue weighted by atomic mass is 16.4. The number of phenolic OH excluding ortho intramolecular Hbond substituents is 1. The molecule has 0 bridgehead atoms. The smallest absolute Gasteiger partial charge is 0.116 e. The lowest BCUT2D eigenvalue weighted by molar-refractivity contribution is -0.307. The number of aromatic hydroxyl groups is 1. The van der Waals surface area contributed by atoms with Gasteiger partial charge >= 0.3 is 0 Å². The van der Waals surface area contributed by atoms with Crippen LogP contribution >= 0.6 is 0 Å². The van der Waals surface area contributed by atoms with Gasteiger partial charge in [-0.05, 0) is 28.7 Å². The van der Waals surface area contributed by atoms with Crippen LogP contribution in [0.3, 0.4) is 0 Å². The maximum Gasteiger partial charge on any atom is 0.116 e. The summed E-state index contributed by atoms with van der Waals surface area (Å²) in [5.41, 5.74) is 1.36. The maximum absolute atomic E-state index is 10.8. The lowest BCUT2D eigenvalue weighted by atomic mass is 9.84. The summed E-state index contributed by atoms with van der Waals surface area (Å²) in [4.78, 5) is 10.8. The topological polar surface area (TPSA) is 60.4 Å². The van der Waals surface area contributed by atoms with Crippen LogP contribution < -0.4 is 5.11 Å². The van der Waals surface area contributed by atoms with E-state index < -0.39 is 11.9 Å². The van der Waals surface area contributed by atoms with E-state index in [2.05, 4.69) is 0 Å². The van der Waals surface area contributed by atoms with Crippen LogP contribution in [0.5, 0.6) is 5.75 Å². The van der Waals surface area contributed by atoms with Gasteiger partial charge in [0, 0.05) is 11.9 Å². The Morgan fingerprint density at radius 1 is 1.31 bits per heavy atom. The molecule has 0 saturated heterocycles. The van der Waals surface area contributed by atoms with Crippen molar-refractivity contribution >= 4 is 5.97 Å². The Bertz CT molecular complexity index is 402. The molecule has 0 fully saturated rings. The SMILES string of the molecule is CC(C(=O)[O-])c1cc(O)cc(C(C)(C)C)c1. The number of rotatable bonds is 2. The van der Waals surface area contributed by atoms with Crippen molar-refractivity contribution in [2.24, 2.45) is 0 Å². The van der Waals surface area contributed by atoms with Gasteiger partial charge in [0.05, 0.1) is 0 Å². The van der Waals surface area contributed by atoms with Gasteiger partial charge in [-0.15, -0.1) is 0 Å². The summed E-state index contributed by atoms with van der Waals surface area (Å²) in [7, 11) is 0. The van der Waals surface area contributed by atoms with Gasteiger partial charge in [0.15, 0.2) is 0 Å². The van der Waals surface area contributed by atoms with Crippen LogP contribution in [0.2, 0.25) is 0 Å². The molecule has 1 rings (SSSR count). The van der Waals surface area contributed by atoms with Crippen LogP contribution in [0.25, 0.3) is 0 Å². The predicted octanol–water partition coefficient (Wildman–Crippen LogP) is 1.54. The van der Waals surface area contributed by atoms with Gasteiger partial charge in [0.25, 0.3) is 0 Å². The highest BCUT2D eigenvalue weighted by Gasteiger charge is 2.17. The Hall–Kier alpha value is -1.51. The molecule has 0 spiro atoms. The molecule has 16 heavy (non-hydrogen) atoms. The fourth-order valence-electron chi connectivity index (χ4n) is 1.45. The second-order valence-electron chi connectivity index (χ2n) is 5.10. The Balaban J connectivity index is 3.23. The monoisotopic (exact) mass is 221 g/mol. The molecular formula is C13H17O3-. The van der Waals surface area contributed by atoms with Crippen LogP contribution in [0.1, 0.15) is 44.7 Å². The van der Waals surface area contributed by atoms with Crippen molar-refractivity contribution in [2.45, 2.75) is 39.0 Å². The number of benzene rings is 1. The van der Waals surface area contributed by atoms with Gasteiger partial charge in [-0.2, -0.15) is 0 Å². The van der Waals surface area contributed by atoms with Gasteiger partial charge in [0.1, 0.15) is 5.75 Å². The zero-order valence-corrected chi connectivity index (χ0v) is 10.1. The molecule has 0 aliphatic carbocycles. The van der Waals surface area contributed by atoms with Crippen molar-refractivity contribution in [1.29, 1.82) is 0 Å². The summed E-state index contributed by atoms with van der Waals surface area (Å²) in [6.45, 7) is 7.58. The first-order valence-electron chi connectivity index (χ1n) is 5.27. The minimum atomic E-state index is -1.13. The molecule has 0 radical (unpaired) electrons. The number of carbonyl (C=O) groups excluding carboxylic acids is 1. The van der Waals surface area contributed by atoms with Crippen molar-refractivity contribution in [3.8, 4) is 5.75 Å². The van der Waals surface area contributed by atoms with Gasteiger partial charge in [0.2, 0.25) is 0 Å². The van der Waals surface area contributed by atoms with E-state index in [1.807, 2.05) is 20.8 Å². The Labute approximate surface area is 95.7 Å². The molecule has 0 aromatic heterocycles. The first kappa shape index (κ1) is 12.6. The van der Waals surface area contributed by atoms with Crippen LogP contribution in [0.15, 0.2) is 18.2 Å². The minimum Gasteiger partial charge on any atom is -0.550 e. The van der Waals surface area contributed by atoms with E-state index in [-0.39, 0.29) is 11.2 Å². The zero-order chi connectivity index (χ0) is 12.5. The van der Waals surface area contributed by atoms with Crippen molar-refractivity contribution in [3.05, 3.63) is 29.3 Å². The number of hydrogen-bond donors (Lipinski definition) is 1. The van der Waals surface area contributed by atoms with Crippen LogP contribution in [-0.4, -0.2) is 11.1 Å². The first-order valence-corrected chi connectivity index (χ1v) is 5.27. The van der Waals surface area contributed by atoms with Crippen molar-refractivity contribution in [3.63, 3.8) is 0 Å². The number of phenols is 1. The minimum absolute atomic E-state index is 0.0931. The normalized spacial score (nSPS) is 13.5. The highest BCUT2D eigenvalue weighted by Crippen LogP contribution is 2.29. The molecule has 0 aliphatic heterocycles. The second-order valence-corrected chi connectivity index (χ2v) is 5.10. The number of carboxylic acids is 1. The number of hydrogen-bond acceptors (Lipinski definition) is 3. The Morgan fingerprint density at radius 3 is 2.31 bits per heavy atom. The number of carbonyl (C=O) groups is 1. The summed E-state index contributed by atoms with van der Waals surface area (Å²) in [6, 6.07) is 4.93. The summed E-state index contributed by atoms with van der Waals surface area (Å²) >= 11 is 0. The van der Waals surface area contributed by atoms with Gasteiger partial charge in [-0.25, -0.2) is 0 Å². The first-order chi connectivity index (χ1) is 7.21. The fraction of sp³-hybridized carbons (Fsp3) is 0.462. The van der Waals surface area contributed by atoms with E-state index in [1.165, 1.54) is 6.07 Å². The van der Waals surface area contributed by atoms with Crippen molar-refractivity contribution in [2.75, 3.05) is 0 Å². The molecule has 3 heteroatoms. The zero-order valence-electron chi connectivity index (χ0n) is 10.1. The van der Waals surface area contributed by atoms with Crippen molar-refractivity contribution < 1.29 is 15.0 Å². The molecule has 0 saturated carbocycles. The highest BCUT2D eigenvalue weighted by molar-refractivity contribution is 5.73. The van der Waals surface area contributed by atoms with E-state index in [9.17, 15) is 15.0 Å². The predicted molar refractivity (Wildman–Crippen MR) is 60.2 cm³/mol. The molecule has 88 valence electrons. The van der Waals surface area contributed by atoms with E-state index in [1.54, 1.807) is 19.1 Å². The third-order valence-electron chi connectivity index (χ3n) is 2.66. The molecule has 1 aromatic rings. The third kappa shape index (κ3) is 2.75. The van der Waals surface area contributed by atoms with Gasteiger partial charge < -0.3 is 15.0 Å². The quantitative estimate of drug-likeness (QED) is 0.824. The Kier molecular flexibility index (Phi) is 3.27. The van der Waals surface area contributed by atoms with Crippen molar-refractivity contribution in [1.82, 2.24) is 0 Å². The third-order valence-corrected chi connectivity index (χ3v) is 2.66. The maximum atomic E-state index is 10.8. The molecule has 1 atom stereocenters. The Morgan fingerprint density at radius 2 is 1.88 bits per heavy atom. The fourth-order valence-corrected chi connectivity index (χ4v) is 1.45. The largest absolute Gasteiger partial charge is 0.550 e. The van der Waals surface area contributed by atoms with Gasteiger partial charge in [-0.1, -0.05) is 33.8 Å². The average molecular weight is 221 g/mol. The number of aliphatic carboxylic acids is 1. The molecule has 1 aromatic carbocycles. The summed E-state index contributed by atoms with van der Waals surface area (Å²) in [6.07, 6.45) is 0. The molecule has 1 N–H and O–H groups in total. The van der Waals surface area contributed by atoms with E-state index in [0.717, 1.165) is 5.56 Å². The summed E-state index contributed by atoms with van der Waals surface area (Å²) in [5, 5.41) is 20.4. The van der Waals surface area contributed by atoms with Crippen LogP contribution in [0, 0.1) is 0 Å². The van der Waals surface area contributed by atoms with Crippen LogP contribution in [0.4, 0.5) is 0 Å². The molecule has 3 nitrogen and oxygen atoms in total. The molecule has 0 aliphatic rings. The molecule has 1 unspecified atom stereocenters. The standard InChI is InChI=1S/C13H18O3/c1-8(12(15)16)9-5-10(13(2,3)4)7-11(14)6-9/h5-8,14H,1-4H3,(H,15,16)/p-1. The summed E-state index contributed by atoms with van der Waals surface area (Å²) in [5.74, 6) is -1.76. The lowest BCUT2D eigenvalue weighted by Crippen LogP contribution is -2.28. The number of carboxylic acid groups (broad SMARTS) is 1. The molecule has 0 heterocycles.